The van der Waals surface area contributed by atoms with E-state index in [2.05, 4.69) is 41.5 Å². The van der Waals surface area contributed by atoms with Gasteiger partial charge in [-0.25, -0.2) is 4.98 Å². The van der Waals surface area contributed by atoms with Gasteiger partial charge in [-0.15, -0.1) is 15.3 Å². The molecular weight excluding hydrogens is 689 g/mol. The van der Waals surface area contributed by atoms with E-state index in [1.807, 2.05) is 0 Å². The second kappa shape index (κ2) is 13.9. The van der Waals surface area contributed by atoms with E-state index in [4.69, 9.17) is 4.74 Å². The average molecular weight is 721 g/mol. The monoisotopic (exact) mass is 720 g/mol. The molecule has 1 saturated heterocycles. The number of anilines is 2. The van der Waals surface area contributed by atoms with E-state index in [0.717, 1.165) is 4.90 Å². The highest BCUT2D eigenvalue weighted by molar-refractivity contribution is 6.25. The van der Waals surface area contributed by atoms with Gasteiger partial charge in [-0.2, -0.15) is 17.7 Å². The van der Waals surface area contributed by atoms with Gasteiger partial charge in [0.2, 0.25) is 17.7 Å². The quantitative estimate of drug-likeness (QED) is 0.138. The van der Waals surface area contributed by atoms with E-state index in [9.17, 15) is 37.1 Å². The van der Waals surface area contributed by atoms with Crippen LogP contribution < -0.4 is 26.0 Å². The predicted octanol–water partition coefficient (Wildman–Crippen LogP) is 2.58. The van der Waals surface area contributed by atoms with Gasteiger partial charge < -0.3 is 20.7 Å². The normalized spacial score (nSPS) is 20.4. The number of piperidine rings is 1. The third-order valence-electron chi connectivity index (χ3n) is 9.03. The Bertz CT molecular complexity index is 2060. The van der Waals surface area contributed by atoms with E-state index in [1.54, 1.807) is 24.3 Å². The molecule has 1 aromatic carbocycles. The summed E-state index contributed by atoms with van der Waals surface area (Å²) in [6, 6.07) is 9.72. The summed E-state index contributed by atoms with van der Waals surface area (Å²) < 4.78 is 46.0. The van der Waals surface area contributed by atoms with Crippen LogP contribution in [-0.4, -0.2) is 90.5 Å². The molecule has 5 amide bonds. The highest BCUT2D eigenvalue weighted by Gasteiger charge is 2.45. The first-order valence-corrected chi connectivity index (χ1v) is 16.5. The van der Waals surface area contributed by atoms with Gasteiger partial charge in [-0.05, 0) is 62.4 Å². The predicted molar refractivity (Wildman–Crippen MR) is 174 cm³/mol. The minimum Gasteiger partial charge on any atom is -0.473 e. The second-order valence-corrected chi connectivity index (χ2v) is 12.5. The van der Waals surface area contributed by atoms with Crippen molar-refractivity contribution in [2.24, 2.45) is 0 Å². The molecule has 1 aliphatic carbocycles. The van der Waals surface area contributed by atoms with Crippen molar-refractivity contribution in [2.45, 2.75) is 62.9 Å². The first kappa shape index (κ1) is 34.3. The zero-order chi connectivity index (χ0) is 36.6. The molecule has 3 aliphatic rings. The van der Waals surface area contributed by atoms with Gasteiger partial charge in [-0.3, -0.25) is 34.2 Å². The number of ether oxygens (including phenoxy) is 1. The molecule has 19 heteroatoms. The SMILES string of the molecule is O=C1CCC(N2C(=O)c3cccc(NCCNc4ccc(C(=O)N[C@H]5CC[C@H](Oc6ccc7nnc(C(F)(F)F)n7n6)CC5)cn4)c3C2=O)C(=O)N1. The summed E-state index contributed by atoms with van der Waals surface area (Å²) in [6.45, 7) is 0.714. The summed E-state index contributed by atoms with van der Waals surface area (Å²) in [6.07, 6.45) is -1.15. The smallest absolute Gasteiger partial charge is 0.453 e. The number of hydrogen-bond donors (Lipinski definition) is 4. The third kappa shape index (κ3) is 6.93. The number of imide groups is 2. The van der Waals surface area contributed by atoms with E-state index in [1.165, 1.54) is 24.4 Å². The molecule has 2 fully saturated rings. The Hall–Kier alpha value is -6.14. The molecule has 270 valence electrons. The molecule has 4 N–H and O–H groups in total. The highest BCUT2D eigenvalue weighted by atomic mass is 19.4. The fraction of sp³-hybridized carbons (Fsp3) is 0.364. The summed E-state index contributed by atoms with van der Waals surface area (Å²) in [5, 5.41) is 22.0. The molecule has 2 aliphatic heterocycles. The first-order valence-electron chi connectivity index (χ1n) is 16.5. The van der Waals surface area contributed by atoms with E-state index < -0.39 is 41.7 Å². The van der Waals surface area contributed by atoms with Crippen LogP contribution in [0.2, 0.25) is 0 Å². The minimum absolute atomic E-state index is 0.0226. The highest BCUT2D eigenvalue weighted by Crippen LogP contribution is 2.33. The van der Waals surface area contributed by atoms with Crippen LogP contribution in [0.25, 0.3) is 5.65 Å². The number of pyridine rings is 1. The molecule has 1 atom stereocenters. The van der Waals surface area contributed by atoms with Gasteiger partial charge in [0.25, 0.3) is 23.5 Å². The molecule has 16 nitrogen and oxygen atoms in total. The molecular formula is C33H31F3N10O6. The van der Waals surface area contributed by atoms with Crippen molar-refractivity contribution in [3.63, 3.8) is 0 Å². The molecule has 0 bridgehead atoms. The Labute approximate surface area is 292 Å². The van der Waals surface area contributed by atoms with Crippen molar-refractivity contribution < 1.29 is 41.9 Å². The zero-order valence-electron chi connectivity index (χ0n) is 27.3. The summed E-state index contributed by atoms with van der Waals surface area (Å²) in [7, 11) is 0. The number of nitrogens with zero attached hydrogens (tertiary/aromatic N) is 6. The summed E-state index contributed by atoms with van der Waals surface area (Å²) >= 11 is 0. The van der Waals surface area contributed by atoms with Crippen LogP contribution in [0.3, 0.4) is 0 Å². The van der Waals surface area contributed by atoms with E-state index >= 15 is 0 Å². The number of rotatable bonds is 10. The molecule has 4 aromatic rings. The summed E-state index contributed by atoms with van der Waals surface area (Å²) in [5.41, 5.74) is 1.08. The van der Waals surface area contributed by atoms with E-state index in [0.29, 0.717) is 60.4 Å². The molecule has 7 rings (SSSR count). The molecule has 0 radical (unpaired) electrons. The number of benzene rings is 1. The maximum absolute atomic E-state index is 13.3. The number of amides is 5. The van der Waals surface area contributed by atoms with Crippen molar-refractivity contribution in [3.8, 4) is 5.88 Å². The maximum Gasteiger partial charge on any atom is 0.453 e. The van der Waals surface area contributed by atoms with Crippen molar-refractivity contribution in [1.82, 2.24) is 40.3 Å². The van der Waals surface area contributed by atoms with E-state index in [-0.39, 0.29) is 53.5 Å². The number of aromatic nitrogens is 5. The number of alkyl halides is 3. The summed E-state index contributed by atoms with van der Waals surface area (Å²) in [4.78, 5) is 68.4. The Kier molecular flexibility index (Phi) is 9.16. The Morgan fingerprint density at radius 1 is 0.923 bits per heavy atom. The zero-order valence-corrected chi connectivity index (χ0v) is 27.3. The van der Waals surface area contributed by atoms with Crippen LogP contribution in [0, 0.1) is 0 Å². The second-order valence-electron chi connectivity index (χ2n) is 12.5. The molecule has 1 unspecified atom stereocenters. The van der Waals surface area contributed by atoms with Gasteiger partial charge in [0.1, 0.15) is 18.0 Å². The Balaban J connectivity index is 0.860. The third-order valence-corrected chi connectivity index (χ3v) is 9.03. The Morgan fingerprint density at radius 3 is 2.44 bits per heavy atom. The van der Waals surface area contributed by atoms with Crippen molar-refractivity contribution in [3.05, 3.63) is 71.2 Å². The van der Waals surface area contributed by atoms with Gasteiger partial charge >= 0.3 is 6.18 Å². The van der Waals surface area contributed by atoms with Gasteiger partial charge in [0, 0.05) is 43.5 Å². The number of nitrogens with one attached hydrogen (secondary N) is 4. The summed E-state index contributed by atoms with van der Waals surface area (Å²) in [5.74, 6) is -3.32. The standard InChI is InChI=1S/C33H31F3N10O6/c34-33(35,36)32-43-42-24-11-13-26(44-46(24)32)52-19-7-5-18(6-8-19)40-28(48)17-4-10-23(39-16-17)38-15-14-37-21-3-1-2-20-27(21)31(51)45(30(20)50)22-9-12-25(47)41-29(22)49/h1-4,10-11,13,16,18-19,22,37H,5-9,12,14-15H2,(H,38,39)(H,40,48)(H,41,47,49)/t18-,19-,22?. The number of carbonyl (C=O) groups excluding carboxylic acids is 5. The number of carbonyl (C=O) groups is 5. The topological polar surface area (TPSA) is 202 Å². The lowest BCUT2D eigenvalue weighted by molar-refractivity contribution is -0.146. The van der Waals surface area contributed by atoms with Crippen LogP contribution in [0.5, 0.6) is 5.88 Å². The van der Waals surface area contributed by atoms with Crippen molar-refractivity contribution >= 4 is 46.7 Å². The van der Waals surface area contributed by atoms with Crippen LogP contribution in [0.4, 0.5) is 24.7 Å². The number of hydrogen-bond acceptors (Lipinski definition) is 12. The minimum atomic E-state index is -4.71. The van der Waals surface area contributed by atoms with Crippen LogP contribution in [0.15, 0.2) is 48.7 Å². The van der Waals surface area contributed by atoms with Gasteiger partial charge in [0.05, 0.1) is 16.7 Å². The van der Waals surface area contributed by atoms with Crippen LogP contribution >= 0.6 is 0 Å². The molecule has 0 spiro atoms. The lowest BCUT2D eigenvalue weighted by Crippen LogP contribution is -2.54. The molecule has 5 heterocycles. The largest absolute Gasteiger partial charge is 0.473 e. The fourth-order valence-electron chi connectivity index (χ4n) is 6.46. The fourth-order valence-corrected chi connectivity index (χ4v) is 6.46. The molecule has 3 aromatic heterocycles. The molecule has 52 heavy (non-hydrogen) atoms. The number of fused-ring (bicyclic) bond motifs is 2. The number of halogens is 3. The Morgan fingerprint density at radius 2 is 1.71 bits per heavy atom. The average Bonchev–Trinajstić information content (AvgIpc) is 3.66. The van der Waals surface area contributed by atoms with Crippen LogP contribution in [-0.2, 0) is 15.8 Å². The van der Waals surface area contributed by atoms with Crippen molar-refractivity contribution in [1.29, 1.82) is 0 Å². The van der Waals surface area contributed by atoms with Crippen LogP contribution in [0.1, 0.15) is 75.4 Å². The lowest BCUT2D eigenvalue weighted by Gasteiger charge is -2.29. The molecule has 1 saturated carbocycles. The van der Waals surface area contributed by atoms with Gasteiger partial charge in [-0.1, -0.05) is 6.07 Å². The maximum atomic E-state index is 13.3. The lowest BCUT2D eigenvalue weighted by atomic mass is 9.92. The van der Waals surface area contributed by atoms with Gasteiger partial charge in [0.15, 0.2) is 5.65 Å². The van der Waals surface area contributed by atoms with Crippen molar-refractivity contribution in [2.75, 3.05) is 23.7 Å². The first-order chi connectivity index (χ1) is 25.0.